The number of ether oxygens (including phenoxy) is 4. The molecule has 67 heavy (non-hydrogen) atoms. The average molecular weight is 936 g/mol. The number of hydrogen-bond donors (Lipinski definition) is 0. The van der Waals surface area contributed by atoms with E-state index in [0.29, 0.717) is 17.4 Å². The minimum Gasteiger partial charge on any atom is -0.545 e. The molecule has 0 saturated carbocycles. The van der Waals surface area contributed by atoms with E-state index >= 15 is 0 Å². The summed E-state index contributed by atoms with van der Waals surface area (Å²) >= 11 is 0. The van der Waals surface area contributed by atoms with Crippen molar-refractivity contribution < 1.29 is 42.9 Å². The number of likely N-dealkylation sites (N-methyl/N-ethyl adjacent to an activating group) is 1. The van der Waals surface area contributed by atoms with Crippen molar-refractivity contribution in [3.63, 3.8) is 0 Å². The van der Waals surface area contributed by atoms with E-state index in [4.69, 9.17) is 18.9 Å². The molecule has 0 spiro atoms. The lowest BCUT2D eigenvalue weighted by molar-refractivity contribution is -0.870. The molecule has 0 aliphatic carbocycles. The fourth-order valence-electron chi connectivity index (χ4n) is 6.79. The number of carboxylic acid groups (broad SMARTS) is 1. The molecule has 0 radical (unpaired) electrons. The van der Waals surface area contributed by atoms with E-state index in [1.807, 2.05) is 33.3 Å². The van der Waals surface area contributed by atoms with E-state index in [1.54, 1.807) is 6.08 Å². The zero-order chi connectivity index (χ0) is 49.2. The second-order valence-corrected chi connectivity index (χ2v) is 18.4. The quantitative estimate of drug-likeness (QED) is 0.0195. The standard InChI is InChI=1S/C58H97NO8/c1-6-8-10-12-14-16-18-20-22-23-24-25-26-27-28-29-30-31-32-33-35-36-38-40-42-44-46-48-55(60)65-52-54(53-66-58(57(62)63)64-51-50-59(3,4)5)67-56(61)49-47-45-43-41-39-37-34-21-19-17-15-13-11-9-7-2/h9,11,15,17-18,20-21,23-24,26-27,34,39,41,45,47,54,58H,6-8,10,12-14,16,19,22,25,28-33,35-38,40,42-44,46,48-53H2,1-5H3/b11-9-,17-15-,20-18-,24-23-,27-26-,34-21-,41-39-,47-45-. The van der Waals surface area contributed by atoms with Crippen LogP contribution < -0.4 is 5.11 Å². The van der Waals surface area contributed by atoms with Gasteiger partial charge in [-0.1, -0.05) is 201 Å². The van der Waals surface area contributed by atoms with Crippen LogP contribution in [-0.4, -0.2) is 82.3 Å². The van der Waals surface area contributed by atoms with Crippen molar-refractivity contribution in [2.45, 2.75) is 206 Å². The summed E-state index contributed by atoms with van der Waals surface area (Å²) in [5.41, 5.74) is 0. The van der Waals surface area contributed by atoms with Crippen LogP contribution in [0, 0.1) is 0 Å². The molecule has 0 amide bonds. The molecule has 0 saturated heterocycles. The molecule has 0 N–H and O–H groups in total. The second kappa shape index (κ2) is 48.7. The summed E-state index contributed by atoms with van der Waals surface area (Å²) in [6, 6.07) is 0. The van der Waals surface area contributed by atoms with Crippen LogP contribution in [0.15, 0.2) is 97.2 Å². The van der Waals surface area contributed by atoms with Crippen LogP contribution in [0.3, 0.4) is 0 Å². The van der Waals surface area contributed by atoms with Gasteiger partial charge in [0.15, 0.2) is 12.4 Å². The van der Waals surface area contributed by atoms with E-state index in [-0.39, 0.29) is 38.6 Å². The van der Waals surface area contributed by atoms with Crippen LogP contribution in [0.2, 0.25) is 0 Å². The van der Waals surface area contributed by atoms with Crippen molar-refractivity contribution in [1.29, 1.82) is 0 Å². The monoisotopic (exact) mass is 936 g/mol. The van der Waals surface area contributed by atoms with Gasteiger partial charge in [-0.15, -0.1) is 0 Å². The number of carbonyl (C=O) groups is 3. The van der Waals surface area contributed by atoms with E-state index in [1.165, 1.54) is 96.3 Å². The molecule has 2 unspecified atom stereocenters. The highest BCUT2D eigenvalue weighted by molar-refractivity contribution is 5.71. The summed E-state index contributed by atoms with van der Waals surface area (Å²) in [5, 5.41) is 11.7. The maximum Gasteiger partial charge on any atom is 0.310 e. The van der Waals surface area contributed by atoms with Gasteiger partial charge in [0, 0.05) is 6.42 Å². The minimum absolute atomic E-state index is 0.0106. The Bertz CT molecular complexity index is 1420. The maximum atomic E-state index is 12.7. The van der Waals surface area contributed by atoms with E-state index in [0.717, 1.165) is 64.2 Å². The lowest BCUT2D eigenvalue weighted by Gasteiger charge is -2.26. The first-order valence-corrected chi connectivity index (χ1v) is 26.4. The van der Waals surface area contributed by atoms with E-state index in [9.17, 15) is 19.5 Å². The Morgan fingerprint density at radius 2 is 0.896 bits per heavy atom. The van der Waals surface area contributed by atoms with Gasteiger partial charge in [-0.2, -0.15) is 0 Å². The predicted molar refractivity (Wildman–Crippen MR) is 278 cm³/mol. The van der Waals surface area contributed by atoms with E-state index < -0.39 is 24.3 Å². The molecule has 0 bridgehead atoms. The second-order valence-electron chi connectivity index (χ2n) is 18.4. The summed E-state index contributed by atoms with van der Waals surface area (Å²) in [5.74, 6) is -2.46. The number of nitrogens with zero attached hydrogens (tertiary/aromatic N) is 1. The lowest BCUT2D eigenvalue weighted by atomic mass is 10.0. The van der Waals surface area contributed by atoms with E-state index in [2.05, 4.69) is 92.8 Å². The SMILES string of the molecule is CC/C=C\C/C=C\C/C=C\C/C=C\C/C=C\CC(=O)OC(COC(=O)CCCCCCCCCCCCCC/C=C\C/C=C\C/C=C\CCCCCCC)COC(OCC[N+](C)(C)C)C(=O)[O-]. The molecule has 0 aromatic carbocycles. The highest BCUT2D eigenvalue weighted by Crippen LogP contribution is 2.14. The molecule has 0 fully saturated rings. The van der Waals surface area contributed by atoms with Crippen molar-refractivity contribution in [2.24, 2.45) is 0 Å². The van der Waals surface area contributed by atoms with Gasteiger partial charge in [-0.05, 0) is 77.0 Å². The van der Waals surface area contributed by atoms with Crippen molar-refractivity contribution in [1.82, 2.24) is 0 Å². The van der Waals surface area contributed by atoms with Gasteiger partial charge in [0.1, 0.15) is 13.2 Å². The average Bonchev–Trinajstić information content (AvgIpc) is 3.29. The van der Waals surface area contributed by atoms with Crippen molar-refractivity contribution >= 4 is 17.9 Å². The van der Waals surface area contributed by atoms with Crippen LogP contribution in [0.4, 0.5) is 0 Å². The van der Waals surface area contributed by atoms with Crippen molar-refractivity contribution in [2.75, 3.05) is 47.5 Å². The Morgan fingerprint density at radius 3 is 1.34 bits per heavy atom. The van der Waals surface area contributed by atoms with Crippen LogP contribution in [0.1, 0.15) is 194 Å². The fourth-order valence-corrected chi connectivity index (χ4v) is 6.79. The summed E-state index contributed by atoms with van der Waals surface area (Å²) < 4.78 is 22.5. The molecule has 0 aromatic heterocycles. The molecule has 0 heterocycles. The van der Waals surface area contributed by atoms with Crippen LogP contribution >= 0.6 is 0 Å². The molecular weight excluding hydrogens is 839 g/mol. The Labute approximate surface area is 410 Å². The fraction of sp³-hybridized carbons (Fsp3) is 0.672. The molecule has 0 aliphatic rings. The van der Waals surface area contributed by atoms with Crippen LogP contribution in [0.5, 0.6) is 0 Å². The van der Waals surface area contributed by atoms with Gasteiger partial charge in [0.25, 0.3) is 0 Å². The number of carbonyl (C=O) groups excluding carboxylic acids is 3. The Hall–Kier alpha value is -3.79. The number of unbranched alkanes of at least 4 members (excludes halogenated alkanes) is 17. The molecule has 0 aliphatic heterocycles. The Morgan fingerprint density at radius 1 is 0.478 bits per heavy atom. The third-order valence-corrected chi connectivity index (χ3v) is 10.8. The zero-order valence-corrected chi connectivity index (χ0v) is 43.2. The Balaban J connectivity index is 4.33. The summed E-state index contributed by atoms with van der Waals surface area (Å²) in [7, 11) is 5.88. The minimum atomic E-state index is -1.65. The van der Waals surface area contributed by atoms with Gasteiger partial charge >= 0.3 is 11.9 Å². The van der Waals surface area contributed by atoms with Gasteiger partial charge in [0.2, 0.25) is 0 Å². The lowest BCUT2D eigenvalue weighted by Crippen LogP contribution is -2.44. The number of hydrogen-bond acceptors (Lipinski definition) is 8. The molecule has 0 rings (SSSR count). The topological polar surface area (TPSA) is 111 Å². The largest absolute Gasteiger partial charge is 0.545 e. The third kappa shape index (κ3) is 49.9. The zero-order valence-electron chi connectivity index (χ0n) is 43.2. The Kier molecular flexibility index (Phi) is 45.9. The summed E-state index contributed by atoms with van der Waals surface area (Å²) in [6.07, 6.45) is 62.0. The van der Waals surface area contributed by atoms with Gasteiger partial charge in [-0.3, -0.25) is 9.59 Å². The number of rotatable bonds is 47. The first kappa shape index (κ1) is 63.2. The van der Waals surface area contributed by atoms with Gasteiger partial charge in [0.05, 0.1) is 46.7 Å². The number of carboxylic acids is 1. The number of esters is 2. The smallest absolute Gasteiger partial charge is 0.310 e. The highest BCUT2D eigenvalue weighted by Gasteiger charge is 2.21. The highest BCUT2D eigenvalue weighted by atomic mass is 16.7. The number of allylic oxidation sites excluding steroid dienone is 15. The molecular formula is C58H97NO8. The molecule has 2 atom stereocenters. The summed E-state index contributed by atoms with van der Waals surface area (Å²) in [6.45, 7) is 4.49. The van der Waals surface area contributed by atoms with Crippen LogP contribution in [-0.2, 0) is 33.3 Å². The number of quaternary nitrogens is 1. The van der Waals surface area contributed by atoms with Gasteiger partial charge in [-0.25, -0.2) is 0 Å². The number of aliphatic carboxylic acids is 1. The van der Waals surface area contributed by atoms with Crippen molar-refractivity contribution in [3.05, 3.63) is 97.2 Å². The normalized spacial score (nSPS) is 13.6. The third-order valence-electron chi connectivity index (χ3n) is 10.8. The first-order chi connectivity index (χ1) is 32.6. The maximum absolute atomic E-state index is 12.7. The summed E-state index contributed by atoms with van der Waals surface area (Å²) in [4.78, 5) is 37.1. The molecule has 0 aromatic rings. The predicted octanol–water partition coefficient (Wildman–Crippen LogP) is 13.7. The molecule has 382 valence electrons. The van der Waals surface area contributed by atoms with Crippen molar-refractivity contribution in [3.8, 4) is 0 Å². The first-order valence-electron chi connectivity index (χ1n) is 26.4. The molecule has 9 nitrogen and oxygen atoms in total. The van der Waals surface area contributed by atoms with Crippen LogP contribution in [0.25, 0.3) is 0 Å². The van der Waals surface area contributed by atoms with Gasteiger partial charge < -0.3 is 33.3 Å². The molecule has 9 heteroatoms.